The molecule has 0 saturated carbocycles. The Morgan fingerprint density at radius 3 is 2.54 bits per heavy atom. The number of nitrogens with zero attached hydrogens (tertiary/aromatic N) is 1. The summed E-state index contributed by atoms with van der Waals surface area (Å²) in [4.78, 5) is 26.0. The van der Waals surface area contributed by atoms with Crippen LogP contribution >= 0.6 is 11.8 Å². The molecule has 1 N–H and O–H groups in total. The van der Waals surface area contributed by atoms with Crippen molar-refractivity contribution in [2.45, 2.75) is 18.7 Å². The molecular formula is C19H20F2N2O2S. The Labute approximate surface area is 155 Å². The van der Waals surface area contributed by atoms with Crippen molar-refractivity contribution in [3.63, 3.8) is 0 Å². The highest BCUT2D eigenvalue weighted by molar-refractivity contribution is 8.00. The van der Waals surface area contributed by atoms with Gasteiger partial charge in [-0.1, -0.05) is 12.1 Å². The summed E-state index contributed by atoms with van der Waals surface area (Å²) in [6.45, 7) is 3.78. The third-order valence-electron chi connectivity index (χ3n) is 3.94. The van der Waals surface area contributed by atoms with E-state index in [1.165, 1.54) is 18.0 Å². The van der Waals surface area contributed by atoms with Crippen molar-refractivity contribution in [2.75, 3.05) is 24.7 Å². The van der Waals surface area contributed by atoms with Crippen molar-refractivity contribution in [1.29, 1.82) is 0 Å². The lowest BCUT2D eigenvalue weighted by Gasteiger charge is -2.17. The number of amides is 2. The quantitative estimate of drug-likeness (QED) is 0.779. The zero-order valence-corrected chi connectivity index (χ0v) is 15.6. The SMILES string of the molecule is Cc1cccc(NC(=O)CN(C)C(=O)CSc2ccc(F)c(F)c2)c1C. The number of aryl methyl sites for hydroxylation is 1. The molecule has 2 aromatic carbocycles. The lowest BCUT2D eigenvalue weighted by atomic mass is 10.1. The minimum Gasteiger partial charge on any atom is -0.336 e. The zero-order chi connectivity index (χ0) is 19.3. The molecule has 0 radical (unpaired) electrons. The van der Waals surface area contributed by atoms with Gasteiger partial charge in [-0.15, -0.1) is 11.8 Å². The standard InChI is InChI=1S/C19H20F2N2O2S/c1-12-5-4-6-17(13(12)2)22-18(24)10-23(3)19(25)11-26-14-7-8-15(20)16(21)9-14/h4-9H,10-11H2,1-3H3,(H,22,24). The van der Waals surface area contributed by atoms with Crippen LogP contribution in [0, 0.1) is 25.5 Å². The van der Waals surface area contributed by atoms with Crippen LogP contribution in [0.3, 0.4) is 0 Å². The number of carbonyl (C=O) groups is 2. The molecule has 0 unspecified atom stereocenters. The summed E-state index contributed by atoms with van der Waals surface area (Å²) in [5.41, 5.74) is 2.76. The number of nitrogens with one attached hydrogen (secondary N) is 1. The third kappa shape index (κ3) is 5.29. The van der Waals surface area contributed by atoms with E-state index in [4.69, 9.17) is 0 Å². The summed E-state index contributed by atoms with van der Waals surface area (Å²) in [6.07, 6.45) is 0. The fourth-order valence-corrected chi connectivity index (χ4v) is 3.06. The number of halogens is 2. The first-order valence-electron chi connectivity index (χ1n) is 7.96. The summed E-state index contributed by atoms with van der Waals surface area (Å²) in [6, 6.07) is 9.08. The molecule has 0 aliphatic rings. The molecule has 0 aromatic heterocycles. The molecule has 4 nitrogen and oxygen atoms in total. The van der Waals surface area contributed by atoms with Crippen LogP contribution in [-0.4, -0.2) is 36.1 Å². The number of hydrogen-bond donors (Lipinski definition) is 1. The van der Waals surface area contributed by atoms with Gasteiger partial charge in [-0.05, 0) is 49.2 Å². The summed E-state index contributed by atoms with van der Waals surface area (Å²) in [5.74, 6) is -2.44. The first kappa shape index (κ1) is 19.9. The number of benzene rings is 2. The van der Waals surface area contributed by atoms with Gasteiger partial charge in [0.1, 0.15) is 0 Å². The number of anilines is 1. The van der Waals surface area contributed by atoms with Gasteiger partial charge in [0.05, 0.1) is 12.3 Å². The number of likely N-dealkylation sites (N-methyl/N-ethyl adjacent to an activating group) is 1. The summed E-state index contributed by atoms with van der Waals surface area (Å²) < 4.78 is 26.1. The maximum absolute atomic E-state index is 13.2. The minimum atomic E-state index is -0.955. The topological polar surface area (TPSA) is 49.4 Å². The van der Waals surface area contributed by atoms with Crippen molar-refractivity contribution in [2.24, 2.45) is 0 Å². The van der Waals surface area contributed by atoms with Crippen LogP contribution in [0.4, 0.5) is 14.5 Å². The van der Waals surface area contributed by atoms with Crippen molar-refractivity contribution in [3.05, 3.63) is 59.2 Å². The first-order chi connectivity index (χ1) is 12.3. The molecular weight excluding hydrogens is 358 g/mol. The van der Waals surface area contributed by atoms with E-state index in [0.717, 1.165) is 35.0 Å². The van der Waals surface area contributed by atoms with E-state index >= 15 is 0 Å². The first-order valence-corrected chi connectivity index (χ1v) is 8.94. The number of hydrogen-bond acceptors (Lipinski definition) is 3. The van der Waals surface area contributed by atoms with Crippen LogP contribution in [0.5, 0.6) is 0 Å². The van der Waals surface area contributed by atoms with Crippen LogP contribution < -0.4 is 5.32 Å². The Hall–Kier alpha value is -2.41. The van der Waals surface area contributed by atoms with Crippen LogP contribution in [-0.2, 0) is 9.59 Å². The van der Waals surface area contributed by atoms with Crippen molar-refractivity contribution < 1.29 is 18.4 Å². The van der Waals surface area contributed by atoms with Gasteiger partial charge in [-0.25, -0.2) is 8.78 Å². The second kappa shape index (κ2) is 8.80. The van der Waals surface area contributed by atoms with E-state index in [0.29, 0.717) is 10.6 Å². The fourth-order valence-electron chi connectivity index (χ4n) is 2.20. The van der Waals surface area contributed by atoms with Crippen molar-refractivity contribution in [3.8, 4) is 0 Å². The molecule has 2 amide bonds. The van der Waals surface area contributed by atoms with Crippen LogP contribution in [0.2, 0.25) is 0 Å². The lowest BCUT2D eigenvalue weighted by molar-refractivity contribution is -0.131. The smallest absolute Gasteiger partial charge is 0.243 e. The predicted molar refractivity (Wildman–Crippen MR) is 99.3 cm³/mol. The van der Waals surface area contributed by atoms with E-state index in [-0.39, 0.29) is 24.1 Å². The monoisotopic (exact) mass is 378 g/mol. The van der Waals surface area contributed by atoms with Crippen LogP contribution in [0.15, 0.2) is 41.3 Å². The number of rotatable bonds is 6. The fraction of sp³-hybridized carbons (Fsp3) is 0.263. The van der Waals surface area contributed by atoms with E-state index in [2.05, 4.69) is 5.32 Å². The molecule has 0 spiro atoms. The maximum Gasteiger partial charge on any atom is 0.243 e. The molecule has 0 bridgehead atoms. The van der Waals surface area contributed by atoms with Crippen molar-refractivity contribution in [1.82, 2.24) is 4.90 Å². The Bertz CT molecular complexity index is 827. The molecule has 2 rings (SSSR count). The number of carbonyl (C=O) groups excluding carboxylic acids is 2. The van der Waals surface area contributed by atoms with Gasteiger partial charge in [-0.2, -0.15) is 0 Å². The minimum absolute atomic E-state index is 0.0261. The average molecular weight is 378 g/mol. The van der Waals surface area contributed by atoms with Gasteiger partial charge in [0.25, 0.3) is 0 Å². The van der Waals surface area contributed by atoms with Crippen molar-refractivity contribution >= 4 is 29.3 Å². The molecule has 0 aliphatic heterocycles. The van der Waals surface area contributed by atoms with Crippen LogP contribution in [0.1, 0.15) is 11.1 Å². The van der Waals surface area contributed by atoms with E-state index in [1.807, 2.05) is 26.0 Å². The molecule has 7 heteroatoms. The van der Waals surface area contributed by atoms with E-state index < -0.39 is 11.6 Å². The molecule has 0 heterocycles. The second-order valence-electron chi connectivity index (χ2n) is 5.91. The van der Waals surface area contributed by atoms with Gasteiger partial charge in [0.15, 0.2) is 11.6 Å². The Morgan fingerprint density at radius 2 is 1.85 bits per heavy atom. The summed E-state index contributed by atoms with van der Waals surface area (Å²) in [5, 5.41) is 2.79. The third-order valence-corrected chi connectivity index (χ3v) is 4.92. The van der Waals surface area contributed by atoms with E-state index in [1.54, 1.807) is 6.07 Å². The highest BCUT2D eigenvalue weighted by atomic mass is 32.2. The normalized spacial score (nSPS) is 10.5. The van der Waals surface area contributed by atoms with Gasteiger partial charge in [-0.3, -0.25) is 9.59 Å². The van der Waals surface area contributed by atoms with Crippen LogP contribution in [0.25, 0.3) is 0 Å². The maximum atomic E-state index is 13.2. The average Bonchev–Trinajstić information content (AvgIpc) is 2.59. The van der Waals surface area contributed by atoms with E-state index in [9.17, 15) is 18.4 Å². The van der Waals surface area contributed by atoms with Gasteiger partial charge in [0, 0.05) is 17.6 Å². The molecule has 0 aliphatic carbocycles. The van der Waals surface area contributed by atoms with Gasteiger partial charge < -0.3 is 10.2 Å². The molecule has 26 heavy (non-hydrogen) atoms. The predicted octanol–water partition coefficient (Wildman–Crippen LogP) is 3.77. The van der Waals surface area contributed by atoms with Gasteiger partial charge >= 0.3 is 0 Å². The van der Waals surface area contributed by atoms with Gasteiger partial charge in [0.2, 0.25) is 11.8 Å². The Morgan fingerprint density at radius 1 is 1.12 bits per heavy atom. The molecule has 0 fully saturated rings. The molecule has 138 valence electrons. The number of thioether (sulfide) groups is 1. The highest BCUT2D eigenvalue weighted by Gasteiger charge is 2.15. The highest BCUT2D eigenvalue weighted by Crippen LogP contribution is 2.21. The lowest BCUT2D eigenvalue weighted by Crippen LogP contribution is -2.36. The zero-order valence-electron chi connectivity index (χ0n) is 14.8. The largest absolute Gasteiger partial charge is 0.336 e. The molecule has 0 saturated heterocycles. The molecule has 0 atom stereocenters. The molecule has 2 aromatic rings. The second-order valence-corrected chi connectivity index (χ2v) is 6.96. The summed E-state index contributed by atoms with van der Waals surface area (Å²) >= 11 is 1.09. The Balaban J connectivity index is 1.86. The Kier molecular flexibility index (Phi) is 6.74. The summed E-state index contributed by atoms with van der Waals surface area (Å²) in [7, 11) is 1.52.